The van der Waals surface area contributed by atoms with Gasteiger partial charge in [-0.25, -0.2) is 4.79 Å². The van der Waals surface area contributed by atoms with Gasteiger partial charge in [0.15, 0.2) is 6.10 Å². The van der Waals surface area contributed by atoms with Crippen LogP contribution in [0.25, 0.3) is 0 Å². The molecule has 0 amide bonds. The molecule has 0 aliphatic rings. The van der Waals surface area contributed by atoms with Crippen molar-refractivity contribution in [1.29, 1.82) is 0 Å². The molecular formula is C70H124NO8+. The normalized spacial score (nSPS) is 13.3. The summed E-state index contributed by atoms with van der Waals surface area (Å²) in [6.07, 6.45) is 78.5. The molecule has 1 N–H and O–H groups in total. The molecule has 456 valence electrons. The lowest BCUT2D eigenvalue weighted by molar-refractivity contribution is -0.870. The van der Waals surface area contributed by atoms with Gasteiger partial charge in [-0.15, -0.1) is 0 Å². The number of hydrogen-bond acceptors (Lipinski definition) is 7. The average Bonchev–Trinajstić information content (AvgIpc) is 3.42. The van der Waals surface area contributed by atoms with E-state index in [1.807, 2.05) is 21.1 Å². The fourth-order valence-corrected chi connectivity index (χ4v) is 9.13. The van der Waals surface area contributed by atoms with Gasteiger partial charge in [-0.1, -0.05) is 266 Å². The number of carboxylic acid groups (broad SMARTS) is 1. The predicted molar refractivity (Wildman–Crippen MR) is 336 cm³/mol. The minimum Gasteiger partial charge on any atom is -0.477 e. The first-order valence-corrected chi connectivity index (χ1v) is 32.8. The third kappa shape index (κ3) is 61.9. The number of likely N-dealkylation sites (N-methyl/N-ethyl adjacent to an activating group) is 1. The van der Waals surface area contributed by atoms with Gasteiger partial charge in [0.25, 0.3) is 6.29 Å². The van der Waals surface area contributed by atoms with Crippen LogP contribution >= 0.6 is 0 Å². The van der Waals surface area contributed by atoms with Gasteiger partial charge in [0, 0.05) is 12.8 Å². The third-order valence-electron chi connectivity index (χ3n) is 14.1. The Kier molecular flexibility index (Phi) is 57.9. The van der Waals surface area contributed by atoms with Gasteiger partial charge in [0.2, 0.25) is 0 Å². The lowest BCUT2D eigenvalue weighted by atomic mass is 10.0. The minimum atomic E-state index is -1.53. The molecule has 2 unspecified atom stereocenters. The minimum absolute atomic E-state index is 0.176. The largest absolute Gasteiger partial charge is 0.477 e. The molecule has 2 atom stereocenters. The summed E-state index contributed by atoms with van der Waals surface area (Å²) in [5.74, 6) is -2.06. The van der Waals surface area contributed by atoms with Crippen LogP contribution in [0.4, 0.5) is 0 Å². The van der Waals surface area contributed by atoms with Crippen molar-refractivity contribution in [3.63, 3.8) is 0 Å². The molecule has 0 aliphatic carbocycles. The van der Waals surface area contributed by atoms with Crippen molar-refractivity contribution >= 4 is 17.9 Å². The average molecular weight is 1110 g/mol. The Morgan fingerprint density at radius 1 is 0.392 bits per heavy atom. The van der Waals surface area contributed by atoms with Crippen LogP contribution in [-0.2, 0) is 33.3 Å². The van der Waals surface area contributed by atoms with Crippen molar-refractivity contribution in [3.05, 3.63) is 85.1 Å². The van der Waals surface area contributed by atoms with E-state index in [1.165, 1.54) is 180 Å². The van der Waals surface area contributed by atoms with Gasteiger partial charge in [0.05, 0.1) is 34.4 Å². The van der Waals surface area contributed by atoms with Crippen LogP contribution in [0, 0.1) is 0 Å². The second-order valence-corrected chi connectivity index (χ2v) is 23.0. The third-order valence-corrected chi connectivity index (χ3v) is 14.1. The first kappa shape index (κ1) is 75.5. The highest BCUT2D eigenvalue weighted by molar-refractivity contribution is 5.71. The van der Waals surface area contributed by atoms with E-state index in [0.717, 1.165) is 70.6 Å². The quantitative estimate of drug-likeness (QED) is 0.0211. The molecule has 9 nitrogen and oxygen atoms in total. The van der Waals surface area contributed by atoms with E-state index in [1.54, 1.807) is 0 Å². The summed E-state index contributed by atoms with van der Waals surface area (Å²) < 4.78 is 22.9. The second kappa shape index (κ2) is 60.6. The molecule has 0 saturated heterocycles. The zero-order valence-electron chi connectivity index (χ0n) is 52.0. The molecule has 0 aromatic heterocycles. The van der Waals surface area contributed by atoms with Crippen molar-refractivity contribution in [3.8, 4) is 0 Å². The first-order valence-electron chi connectivity index (χ1n) is 32.8. The lowest BCUT2D eigenvalue weighted by Crippen LogP contribution is -2.40. The molecule has 0 bridgehead atoms. The number of quaternary nitrogens is 1. The SMILES string of the molecule is CC/C=C\C/C=C\C/C=C\C/C=C\C/C=C\C/C=C\CCCCC(=O)OC(COC(=O)CCCCCCCCCCCCCCCCCCCCCCC/C=C\CCCCCCCCCC)COC(OCC[N+](C)(C)C)C(=O)O. The molecule has 0 aliphatic heterocycles. The summed E-state index contributed by atoms with van der Waals surface area (Å²) in [5, 5.41) is 9.72. The van der Waals surface area contributed by atoms with E-state index >= 15 is 0 Å². The molecule has 0 radical (unpaired) electrons. The Hall–Kier alpha value is -3.53. The smallest absolute Gasteiger partial charge is 0.361 e. The van der Waals surface area contributed by atoms with E-state index in [-0.39, 0.29) is 32.2 Å². The van der Waals surface area contributed by atoms with Gasteiger partial charge in [-0.05, 0) is 89.9 Å². The van der Waals surface area contributed by atoms with Gasteiger partial charge in [-0.2, -0.15) is 0 Å². The summed E-state index contributed by atoms with van der Waals surface area (Å²) >= 11 is 0. The van der Waals surface area contributed by atoms with Crippen LogP contribution in [0.5, 0.6) is 0 Å². The van der Waals surface area contributed by atoms with Crippen LogP contribution < -0.4 is 0 Å². The number of carboxylic acids is 1. The Morgan fingerprint density at radius 3 is 1.11 bits per heavy atom. The number of rotatable bonds is 60. The Bertz CT molecular complexity index is 1570. The molecule has 0 heterocycles. The summed E-state index contributed by atoms with van der Waals surface area (Å²) in [6, 6.07) is 0. The number of unbranched alkanes of at least 4 members (excludes halogenated alkanes) is 31. The Morgan fingerprint density at radius 2 is 0.722 bits per heavy atom. The molecule has 79 heavy (non-hydrogen) atoms. The maximum atomic E-state index is 12.9. The summed E-state index contributed by atoms with van der Waals surface area (Å²) in [4.78, 5) is 37.5. The molecule has 0 saturated carbocycles. The van der Waals surface area contributed by atoms with Gasteiger partial charge in [-0.3, -0.25) is 9.59 Å². The first-order chi connectivity index (χ1) is 38.6. The molecular weight excluding hydrogens is 983 g/mol. The molecule has 0 fully saturated rings. The predicted octanol–water partition coefficient (Wildman–Crippen LogP) is 19.9. The number of esters is 2. The van der Waals surface area contributed by atoms with Crippen LogP contribution in [0.1, 0.15) is 284 Å². The van der Waals surface area contributed by atoms with E-state index in [2.05, 4.69) is 98.9 Å². The van der Waals surface area contributed by atoms with Crippen molar-refractivity contribution < 1.29 is 42.9 Å². The molecule has 0 aromatic carbocycles. The van der Waals surface area contributed by atoms with Crippen molar-refractivity contribution in [1.82, 2.24) is 0 Å². The number of carbonyl (C=O) groups excluding carboxylic acids is 2. The number of aliphatic carboxylic acids is 1. The lowest BCUT2D eigenvalue weighted by Gasteiger charge is -2.25. The van der Waals surface area contributed by atoms with Gasteiger partial charge in [0.1, 0.15) is 13.2 Å². The summed E-state index contributed by atoms with van der Waals surface area (Å²) in [7, 11) is 5.96. The standard InChI is InChI=1S/C70H123NO8/c1-6-8-10-12-14-16-18-20-22-24-26-28-29-30-31-32-33-34-35-36-37-38-39-41-42-44-46-48-50-52-54-56-58-60-67(72)77-64-66(65-78-70(69(74)75)76-63-62-71(3,4)5)79-68(73)61-59-57-55-53-51-49-47-45-43-40-27-25-23-21-19-17-15-13-11-9-7-2/h9,11,15,17,21,23-24,26-27,40,45,47,51,53,66,70H,6-8,10,12-14,16,18-20,22,25,28-39,41-44,46,48-50,52,54-65H2,1-5H3/p+1/b11-9-,17-15-,23-21-,26-24-,40-27-,47-45-,53-51-. The maximum absolute atomic E-state index is 12.9. The number of hydrogen-bond donors (Lipinski definition) is 1. The van der Waals surface area contributed by atoms with Crippen LogP contribution in [-0.4, -0.2) is 87.4 Å². The van der Waals surface area contributed by atoms with E-state index in [9.17, 15) is 19.5 Å². The highest BCUT2D eigenvalue weighted by Crippen LogP contribution is 2.17. The molecule has 9 heteroatoms. The fourth-order valence-electron chi connectivity index (χ4n) is 9.13. The Labute approximate surface area is 487 Å². The Balaban J connectivity index is 4.14. The van der Waals surface area contributed by atoms with E-state index in [0.29, 0.717) is 23.9 Å². The van der Waals surface area contributed by atoms with Crippen LogP contribution in [0.3, 0.4) is 0 Å². The molecule has 0 spiro atoms. The zero-order valence-corrected chi connectivity index (χ0v) is 52.0. The summed E-state index contributed by atoms with van der Waals surface area (Å²) in [5.41, 5.74) is 0. The van der Waals surface area contributed by atoms with Crippen molar-refractivity contribution in [2.45, 2.75) is 296 Å². The topological polar surface area (TPSA) is 108 Å². The number of nitrogens with zero attached hydrogens (tertiary/aromatic N) is 1. The number of allylic oxidation sites excluding steroid dienone is 14. The molecule has 0 rings (SSSR count). The number of ether oxygens (including phenoxy) is 4. The van der Waals surface area contributed by atoms with Gasteiger partial charge >= 0.3 is 17.9 Å². The van der Waals surface area contributed by atoms with E-state index in [4.69, 9.17) is 18.9 Å². The summed E-state index contributed by atoms with van der Waals surface area (Å²) in [6.45, 7) is 4.73. The number of carbonyl (C=O) groups is 3. The zero-order chi connectivity index (χ0) is 57.6. The highest BCUT2D eigenvalue weighted by atomic mass is 16.7. The van der Waals surface area contributed by atoms with Crippen molar-refractivity contribution in [2.24, 2.45) is 0 Å². The monoisotopic (exact) mass is 1110 g/mol. The molecule has 0 aromatic rings. The maximum Gasteiger partial charge on any atom is 0.361 e. The fraction of sp³-hybridized carbons (Fsp3) is 0.757. The van der Waals surface area contributed by atoms with Gasteiger partial charge < -0.3 is 28.5 Å². The van der Waals surface area contributed by atoms with Crippen LogP contribution in [0.2, 0.25) is 0 Å². The highest BCUT2D eigenvalue weighted by Gasteiger charge is 2.25. The van der Waals surface area contributed by atoms with Crippen molar-refractivity contribution in [2.75, 3.05) is 47.5 Å². The second-order valence-electron chi connectivity index (χ2n) is 23.0. The van der Waals surface area contributed by atoms with E-state index < -0.39 is 24.3 Å². The van der Waals surface area contributed by atoms with Crippen LogP contribution in [0.15, 0.2) is 85.1 Å².